The van der Waals surface area contributed by atoms with Crippen LogP contribution in [0.2, 0.25) is 0 Å². The van der Waals surface area contributed by atoms with Crippen LogP contribution in [0.5, 0.6) is 0 Å². The first-order valence-electron chi connectivity index (χ1n) is 3.91. The zero-order chi connectivity index (χ0) is 9.19. The van der Waals surface area contributed by atoms with E-state index in [4.69, 9.17) is 5.11 Å². The van der Waals surface area contributed by atoms with Gasteiger partial charge in [-0.1, -0.05) is 0 Å². The van der Waals surface area contributed by atoms with Crippen LogP contribution in [0.25, 0.3) is 0 Å². The Kier molecular flexibility index (Phi) is 2.38. The predicted molar refractivity (Wildman–Crippen MR) is 48.0 cm³/mol. The molecular formula is C8H15N3O. The van der Waals surface area contributed by atoms with E-state index in [2.05, 4.69) is 10.3 Å². The fraction of sp³-hybridized carbons (Fsp3) is 0.625. The van der Waals surface area contributed by atoms with Crippen molar-refractivity contribution >= 4 is 5.95 Å². The number of rotatable bonds is 3. The number of aryl methyl sites for hydroxylation is 1. The lowest BCUT2D eigenvalue weighted by molar-refractivity contribution is 0.233. The van der Waals surface area contributed by atoms with Crippen molar-refractivity contribution in [2.24, 2.45) is 7.05 Å². The van der Waals surface area contributed by atoms with E-state index in [0.29, 0.717) is 0 Å². The summed E-state index contributed by atoms with van der Waals surface area (Å²) < 4.78 is 1.87. The number of hydrogen-bond donors (Lipinski definition) is 2. The quantitative estimate of drug-likeness (QED) is 0.696. The summed E-state index contributed by atoms with van der Waals surface area (Å²) in [6.07, 6.45) is 3.57. The molecule has 0 aliphatic heterocycles. The van der Waals surface area contributed by atoms with Crippen molar-refractivity contribution in [1.29, 1.82) is 0 Å². The average molecular weight is 169 g/mol. The van der Waals surface area contributed by atoms with Gasteiger partial charge in [0.15, 0.2) is 0 Å². The van der Waals surface area contributed by atoms with Crippen molar-refractivity contribution in [1.82, 2.24) is 9.55 Å². The zero-order valence-corrected chi connectivity index (χ0v) is 7.70. The molecule has 1 heterocycles. The Morgan fingerprint density at radius 2 is 2.33 bits per heavy atom. The number of nitrogens with zero attached hydrogens (tertiary/aromatic N) is 2. The minimum atomic E-state index is -0.320. The fourth-order valence-electron chi connectivity index (χ4n) is 0.828. The van der Waals surface area contributed by atoms with Crippen LogP contribution in [0.1, 0.15) is 13.8 Å². The van der Waals surface area contributed by atoms with Gasteiger partial charge in [0.1, 0.15) is 0 Å². The first-order valence-corrected chi connectivity index (χ1v) is 3.91. The number of anilines is 1. The topological polar surface area (TPSA) is 50.1 Å². The molecular weight excluding hydrogens is 154 g/mol. The van der Waals surface area contributed by atoms with E-state index in [1.165, 1.54) is 0 Å². The van der Waals surface area contributed by atoms with E-state index >= 15 is 0 Å². The molecule has 0 radical (unpaired) electrons. The number of hydrogen-bond acceptors (Lipinski definition) is 3. The molecule has 0 saturated heterocycles. The van der Waals surface area contributed by atoms with Crippen molar-refractivity contribution in [3.63, 3.8) is 0 Å². The van der Waals surface area contributed by atoms with Crippen molar-refractivity contribution < 1.29 is 5.11 Å². The highest BCUT2D eigenvalue weighted by molar-refractivity contribution is 5.29. The number of aromatic nitrogens is 2. The van der Waals surface area contributed by atoms with Crippen LogP contribution in [0.3, 0.4) is 0 Å². The Morgan fingerprint density at radius 3 is 2.75 bits per heavy atom. The van der Waals surface area contributed by atoms with Gasteiger partial charge >= 0.3 is 0 Å². The number of aliphatic hydroxyl groups excluding tert-OH is 1. The van der Waals surface area contributed by atoms with E-state index in [0.717, 1.165) is 5.95 Å². The normalized spacial score (nSPS) is 11.7. The highest BCUT2D eigenvalue weighted by Crippen LogP contribution is 2.10. The minimum Gasteiger partial charge on any atom is -0.394 e. The van der Waals surface area contributed by atoms with Gasteiger partial charge in [-0.2, -0.15) is 0 Å². The minimum absolute atomic E-state index is 0.0832. The Balaban J connectivity index is 2.70. The van der Waals surface area contributed by atoms with Crippen molar-refractivity contribution in [3.8, 4) is 0 Å². The molecule has 0 aromatic carbocycles. The van der Waals surface area contributed by atoms with Gasteiger partial charge in [0.25, 0.3) is 0 Å². The van der Waals surface area contributed by atoms with E-state index in [9.17, 15) is 0 Å². The Bertz CT molecular complexity index is 255. The first kappa shape index (κ1) is 9.06. The fourth-order valence-corrected chi connectivity index (χ4v) is 0.828. The number of nitrogens with one attached hydrogen (secondary N) is 1. The molecule has 0 unspecified atom stereocenters. The van der Waals surface area contributed by atoms with Crippen LogP contribution in [0.15, 0.2) is 12.4 Å². The second-order valence-corrected chi connectivity index (χ2v) is 3.53. The summed E-state index contributed by atoms with van der Waals surface area (Å²) in [5.41, 5.74) is -0.320. The van der Waals surface area contributed by atoms with Gasteiger partial charge < -0.3 is 15.0 Å². The maximum Gasteiger partial charge on any atom is 0.202 e. The molecule has 0 amide bonds. The highest BCUT2D eigenvalue weighted by Gasteiger charge is 2.17. The maximum absolute atomic E-state index is 8.98. The molecule has 0 spiro atoms. The summed E-state index contributed by atoms with van der Waals surface area (Å²) >= 11 is 0. The highest BCUT2D eigenvalue weighted by atomic mass is 16.3. The van der Waals surface area contributed by atoms with Crippen LogP contribution in [-0.4, -0.2) is 26.8 Å². The third-order valence-electron chi connectivity index (χ3n) is 1.67. The molecule has 1 rings (SSSR count). The van der Waals surface area contributed by atoms with Gasteiger partial charge in [-0.3, -0.25) is 0 Å². The number of imidazole rings is 1. The predicted octanol–water partition coefficient (Wildman–Crippen LogP) is 0.603. The lowest BCUT2D eigenvalue weighted by Crippen LogP contribution is -2.35. The van der Waals surface area contributed by atoms with E-state index in [1.807, 2.05) is 31.7 Å². The largest absolute Gasteiger partial charge is 0.394 e. The summed E-state index contributed by atoms with van der Waals surface area (Å²) in [5, 5.41) is 12.1. The molecule has 4 nitrogen and oxygen atoms in total. The van der Waals surface area contributed by atoms with E-state index < -0.39 is 0 Å². The second kappa shape index (κ2) is 3.15. The molecule has 12 heavy (non-hydrogen) atoms. The summed E-state index contributed by atoms with van der Waals surface area (Å²) in [6, 6.07) is 0. The maximum atomic E-state index is 8.98. The molecule has 0 fully saturated rings. The van der Waals surface area contributed by atoms with Crippen LogP contribution in [-0.2, 0) is 7.05 Å². The van der Waals surface area contributed by atoms with Gasteiger partial charge in [0.2, 0.25) is 5.95 Å². The summed E-state index contributed by atoms with van der Waals surface area (Å²) in [4.78, 5) is 4.09. The van der Waals surface area contributed by atoms with Crippen LogP contribution < -0.4 is 5.32 Å². The van der Waals surface area contributed by atoms with Gasteiger partial charge in [0.05, 0.1) is 12.1 Å². The summed E-state index contributed by atoms with van der Waals surface area (Å²) in [6.45, 7) is 3.92. The second-order valence-electron chi connectivity index (χ2n) is 3.53. The summed E-state index contributed by atoms with van der Waals surface area (Å²) in [7, 11) is 1.91. The molecule has 2 N–H and O–H groups in total. The van der Waals surface area contributed by atoms with Crippen molar-refractivity contribution in [2.75, 3.05) is 11.9 Å². The lowest BCUT2D eigenvalue weighted by atomic mass is 10.1. The lowest BCUT2D eigenvalue weighted by Gasteiger charge is -2.23. The number of aliphatic hydroxyl groups is 1. The molecule has 0 aliphatic carbocycles. The molecule has 1 aromatic rings. The van der Waals surface area contributed by atoms with Crippen LogP contribution >= 0.6 is 0 Å². The Hall–Kier alpha value is -1.03. The van der Waals surface area contributed by atoms with Crippen molar-refractivity contribution in [2.45, 2.75) is 19.4 Å². The first-order chi connectivity index (χ1) is 5.55. The van der Waals surface area contributed by atoms with Crippen molar-refractivity contribution in [3.05, 3.63) is 12.4 Å². The molecule has 0 atom stereocenters. The zero-order valence-electron chi connectivity index (χ0n) is 7.70. The molecule has 0 saturated carbocycles. The molecule has 0 bridgehead atoms. The Labute approximate surface area is 72.2 Å². The third-order valence-corrected chi connectivity index (χ3v) is 1.67. The van der Waals surface area contributed by atoms with Gasteiger partial charge in [-0.15, -0.1) is 0 Å². The third kappa shape index (κ3) is 1.98. The van der Waals surface area contributed by atoms with Gasteiger partial charge in [0, 0.05) is 19.4 Å². The monoisotopic (exact) mass is 169 g/mol. The Morgan fingerprint density at radius 1 is 1.67 bits per heavy atom. The van der Waals surface area contributed by atoms with Crippen LogP contribution in [0.4, 0.5) is 5.95 Å². The van der Waals surface area contributed by atoms with Gasteiger partial charge in [-0.25, -0.2) is 4.98 Å². The molecule has 68 valence electrons. The standard InChI is InChI=1S/C8H15N3O/c1-8(2,6-12)10-7-9-4-5-11(7)3/h4-5,12H,6H2,1-3H3,(H,9,10). The average Bonchev–Trinajstić information content (AvgIpc) is 2.36. The summed E-state index contributed by atoms with van der Waals surface area (Å²) in [5.74, 6) is 0.772. The molecule has 0 aliphatic rings. The molecule has 4 heteroatoms. The van der Waals surface area contributed by atoms with Crippen LogP contribution in [0, 0.1) is 0 Å². The van der Waals surface area contributed by atoms with E-state index in [1.54, 1.807) is 6.20 Å². The van der Waals surface area contributed by atoms with E-state index in [-0.39, 0.29) is 12.1 Å². The SMILES string of the molecule is Cn1ccnc1NC(C)(C)CO. The molecule has 1 aromatic heterocycles. The smallest absolute Gasteiger partial charge is 0.202 e. The van der Waals surface area contributed by atoms with Gasteiger partial charge in [-0.05, 0) is 13.8 Å².